The number of hydrogen-bond donors (Lipinski definition) is 2. The van der Waals surface area contributed by atoms with Gasteiger partial charge in [0.05, 0.1) is 24.0 Å². The Morgan fingerprint density at radius 3 is 1.86 bits per heavy atom. The van der Waals surface area contributed by atoms with Crippen LogP contribution in [-0.4, -0.2) is 74.5 Å². The molecule has 0 aliphatic rings. The molecule has 276 valence electrons. The second-order valence-electron chi connectivity index (χ2n) is 12.5. The summed E-state index contributed by atoms with van der Waals surface area (Å²) in [6.45, 7) is 5.78. The van der Waals surface area contributed by atoms with E-state index < -0.39 is 50.9 Å². The van der Waals surface area contributed by atoms with E-state index in [-0.39, 0.29) is 35.5 Å². The van der Waals surface area contributed by atoms with E-state index in [0.717, 1.165) is 39.7 Å². The lowest BCUT2D eigenvalue weighted by atomic mass is 9.84. The molecule has 0 bridgehead atoms. The van der Waals surface area contributed by atoms with Crippen molar-refractivity contribution in [2.75, 3.05) is 20.8 Å². The summed E-state index contributed by atoms with van der Waals surface area (Å²) in [4.78, 5) is 50.1. The van der Waals surface area contributed by atoms with Gasteiger partial charge in [0.15, 0.2) is 0 Å². The molecule has 0 radical (unpaired) electrons. The summed E-state index contributed by atoms with van der Waals surface area (Å²) >= 11 is 0. The van der Waals surface area contributed by atoms with Crippen molar-refractivity contribution in [1.29, 1.82) is 0 Å². The number of methoxy groups -OCH3 is 2. The van der Waals surface area contributed by atoms with Crippen molar-refractivity contribution in [2.24, 2.45) is 5.92 Å². The van der Waals surface area contributed by atoms with E-state index in [4.69, 9.17) is 9.47 Å². The molecule has 0 aliphatic heterocycles. The van der Waals surface area contributed by atoms with Crippen molar-refractivity contribution in [3.63, 3.8) is 0 Å². The Labute approximate surface area is 299 Å². The number of carbonyl (C=O) groups is 3. The minimum absolute atomic E-state index is 0.0198. The lowest BCUT2D eigenvalue weighted by molar-refractivity contribution is -0.384. The number of nitro groups is 1. The molecule has 3 rings (SSSR count). The van der Waals surface area contributed by atoms with Crippen molar-refractivity contribution in [2.45, 2.75) is 81.8 Å². The molecule has 0 heterocycles. The number of nitro benzene ring substituents is 1. The monoisotopic (exact) mass is 724 g/mol. The molecule has 3 aromatic rings. The van der Waals surface area contributed by atoms with Gasteiger partial charge in [-0.05, 0) is 61.3 Å². The Kier molecular flexibility index (Phi) is 15.6. The van der Waals surface area contributed by atoms with Gasteiger partial charge in [-0.2, -0.15) is 4.31 Å². The number of alkyl carbamates (subject to hydrolysis) is 1. The highest BCUT2D eigenvalue weighted by Gasteiger charge is 2.37. The van der Waals surface area contributed by atoms with Crippen LogP contribution >= 0.6 is 0 Å². The number of esters is 1. The van der Waals surface area contributed by atoms with Gasteiger partial charge in [0.25, 0.3) is 5.69 Å². The fourth-order valence-corrected chi connectivity index (χ4v) is 7.45. The first-order valence-corrected chi connectivity index (χ1v) is 18.4. The molecule has 0 aromatic heterocycles. The van der Waals surface area contributed by atoms with Crippen molar-refractivity contribution in [3.05, 3.63) is 106 Å². The second-order valence-corrected chi connectivity index (χ2v) is 14.4. The summed E-state index contributed by atoms with van der Waals surface area (Å²) in [7, 11) is -1.85. The van der Waals surface area contributed by atoms with Crippen LogP contribution in [0.1, 0.15) is 69.9 Å². The van der Waals surface area contributed by atoms with Crippen LogP contribution in [0.2, 0.25) is 0 Å². The summed E-state index contributed by atoms with van der Waals surface area (Å²) in [5, 5.41) is 17.0. The molecule has 0 saturated carbocycles. The van der Waals surface area contributed by atoms with E-state index in [0.29, 0.717) is 25.7 Å². The predicted octanol–water partition coefficient (Wildman–Crippen LogP) is 5.80. The van der Waals surface area contributed by atoms with Crippen molar-refractivity contribution in [1.82, 2.24) is 14.9 Å². The number of hydrogen-bond acceptors (Lipinski definition) is 9. The van der Waals surface area contributed by atoms with Crippen LogP contribution in [0.25, 0.3) is 0 Å². The minimum atomic E-state index is -4.27. The molecule has 0 fully saturated rings. The Morgan fingerprint density at radius 1 is 0.824 bits per heavy atom. The highest BCUT2D eigenvalue weighted by atomic mass is 32.2. The molecule has 51 heavy (non-hydrogen) atoms. The quantitative estimate of drug-likeness (QED) is 0.0881. The average molecular weight is 725 g/mol. The topological polar surface area (TPSA) is 174 Å². The lowest BCUT2D eigenvalue weighted by Gasteiger charge is -2.31. The number of rotatable bonds is 19. The van der Waals surface area contributed by atoms with Gasteiger partial charge in [-0.3, -0.25) is 19.7 Å². The van der Waals surface area contributed by atoms with Gasteiger partial charge in [-0.15, -0.1) is 0 Å². The summed E-state index contributed by atoms with van der Waals surface area (Å²) in [6, 6.07) is 20.6. The third-order valence-electron chi connectivity index (χ3n) is 8.66. The summed E-state index contributed by atoms with van der Waals surface area (Å²) in [5.41, 5.74) is 1.36. The van der Waals surface area contributed by atoms with Crippen molar-refractivity contribution < 1.29 is 37.2 Å². The van der Waals surface area contributed by atoms with Crippen LogP contribution in [0, 0.1) is 16.0 Å². The molecular formula is C37H48N4O9S. The summed E-state index contributed by atoms with van der Waals surface area (Å²) < 4.78 is 38.9. The van der Waals surface area contributed by atoms with Crippen LogP contribution in [0.5, 0.6) is 0 Å². The molecule has 14 heteroatoms. The fourth-order valence-electron chi connectivity index (χ4n) is 5.83. The highest BCUT2D eigenvalue weighted by Crippen LogP contribution is 2.29. The van der Waals surface area contributed by atoms with Gasteiger partial charge in [0, 0.05) is 30.6 Å². The molecule has 1 unspecified atom stereocenters. The molecule has 0 aliphatic carbocycles. The Morgan fingerprint density at radius 2 is 1.39 bits per heavy atom. The molecule has 2 amide bonds. The first kappa shape index (κ1) is 40.6. The maximum absolute atomic E-state index is 14.0. The number of non-ortho nitro benzene ring substituents is 1. The SMILES string of the molecule is CC[C@@H](CCC[C@@H](C(=O)OC)N(CCC(C)C)S(=O)(=O)c1ccc([N+](=O)[O-])cc1)NC(=O)C(NC(=O)OC)C(c1ccccc1)c1ccccc1. The number of benzene rings is 3. The van der Waals surface area contributed by atoms with Crippen LogP contribution < -0.4 is 10.6 Å². The number of nitrogens with one attached hydrogen (secondary N) is 2. The van der Waals surface area contributed by atoms with E-state index in [1.807, 2.05) is 81.4 Å². The van der Waals surface area contributed by atoms with Crippen LogP contribution in [0.3, 0.4) is 0 Å². The largest absolute Gasteiger partial charge is 0.468 e. The van der Waals surface area contributed by atoms with Crippen LogP contribution in [0.15, 0.2) is 89.8 Å². The zero-order valence-corrected chi connectivity index (χ0v) is 30.5. The molecule has 13 nitrogen and oxygen atoms in total. The summed E-state index contributed by atoms with van der Waals surface area (Å²) in [5.74, 6) is -1.61. The smallest absolute Gasteiger partial charge is 0.407 e. The summed E-state index contributed by atoms with van der Waals surface area (Å²) in [6.07, 6.45) is 1.01. The number of carbonyl (C=O) groups excluding carboxylic acids is 3. The fraction of sp³-hybridized carbons (Fsp3) is 0.432. The molecule has 2 N–H and O–H groups in total. The number of sulfonamides is 1. The third-order valence-corrected chi connectivity index (χ3v) is 10.6. The molecule has 3 atom stereocenters. The van der Waals surface area contributed by atoms with E-state index in [1.54, 1.807) is 0 Å². The van der Waals surface area contributed by atoms with E-state index in [9.17, 15) is 32.9 Å². The first-order valence-electron chi connectivity index (χ1n) is 16.9. The highest BCUT2D eigenvalue weighted by molar-refractivity contribution is 7.89. The number of amides is 2. The molecular weight excluding hydrogens is 676 g/mol. The number of nitrogens with zero attached hydrogens (tertiary/aromatic N) is 2. The minimum Gasteiger partial charge on any atom is -0.468 e. The van der Waals surface area contributed by atoms with Gasteiger partial charge in [0.1, 0.15) is 12.1 Å². The molecule has 0 saturated heterocycles. The van der Waals surface area contributed by atoms with Crippen molar-refractivity contribution >= 4 is 33.7 Å². The van der Waals surface area contributed by atoms with Gasteiger partial charge in [-0.25, -0.2) is 13.2 Å². The standard InChI is InChI=1S/C37H48N4O9S/c1-6-29(38-35(42)34(39-37(44)50-5)33(27-14-9-7-10-15-27)28-16-11-8-12-17-28)18-13-19-32(36(43)49-4)40(25-24-26(2)3)51(47,48)31-22-20-30(21-23-31)41(45)46/h7-12,14-17,20-23,26,29,32-34H,6,13,18-19,24-25H2,1-5H3,(H,38,42)(H,39,44)/t29-,32-,34?/m0/s1. The maximum atomic E-state index is 14.0. The third kappa shape index (κ3) is 11.3. The Bertz CT molecular complexity index is 1650. The van der Waals surface area contributed by atoms with Gasteiger partial charge >= 0.3 is 12.1 Å². The Hall–Kier alpha value is -4.82. The maximum Gasteiger partial charge on any atom is 0.407 e. The molecule has 3 aromatic carbocycles. The van der Waals surface area contributed by atoms with E-state index >= 15 is 0 Å². The molecule has 0 spiro atoms. The van der Waals surface area contributed by atoms with Gasteiger partial charge in [-0.1, -0.05) is 81.4 Å². The zero-order chi connectivity index (χ0) is 37.6. The van der Waals surface area contributed by atoms with Crippen LogP contribution in [0.4, 0.5) is 10.5 Å². The van der Waals surface area contributed by atoms with Crippen LogP contribution in [-0.2, 0) is 29.1 Å². The zero-order valence-electron chi connectivity index (χ0n) is 29.7. The van der Waals surface area contributed by atoms with E-state index in [1.165, 1.54) is 14.2 Å². The van der Waals surface area contributed by atoms with Gasteiger partial charge < -0.3 is 20.1 Å². The average Bonchev–Trinajstić information content (AvgIpc) is 3.13. The lowest BCUT2D eigenvalue weighted by Crippen LogP contribution is -2.52. The Balaban J connectivity index is 1.86. The van der Waals surface area contributed by atoms with Crippen molar-refractivity contribution in [3.8, 4) is 0 Å². The second kappa shape index (κ2) is 19.5. The van der Waals surface area contributed by atoms with Gasteiger partial charge in [0.2, 0.25) is 15.9 Å². The first-order chi connectivity index (χ1) is 24.3. The van der Waals surface area contributed by atoms with E-state index in [2.05, 4.69) is 10.6 Å². The number of ether oxygens (including phenoxy) is 2. The normalized spacial score (nSPS) is 13.3. The predicted molar refractivity (Wildman–Crippen MR) is 192 cm³/mol.